The maximum absolute atomic E-state index is 9.18. The Hall–Kier alpha value is -0.480. The summed E-state index contributed by atoms with van der Waals surface area (Å²) in [6.07, 6.45) is 1.55. The third-order valence-corrected chi connectivity index (χ3v) is 1.04. The molecule has 0 aliphatic rings. The van der Waals surface area contributed by atoms with Crippen LogP contribution in [-0.4, -0.2) is 10.7 Å². The molecule has 0 unspecified atom stereocenters. The van der Waals surface area contributed by atoms with Gasteiger partial charge in [-0.2, -0.15) is 0 Å². The van der Waals surface area contributed by atoms with Gasteiger partial charge in [0.2, 0.25) is 0 Å². The molecule has 52 valence electrons. The van der Waals surface area contributed by atoms with Crippen LogP contribution in [0.5, 0.6) is 0 Å². The van der Waals surface area contributed by atoms with E-state index < -0.39 is 5.60 Å². The van der Waals surface area contributed by atoms with Gasteiger partial charge in [0, 0.05) is 6.42 Å². The van der Waals surface area contributed by atoms with Gasteiger partial charge in [-0.1, -0.05) is 0 Å². The normalized spacial score (nSPS) is 10.2. The van der Waals surface area contributed by atoms with Gasteiger partial charge in [0.1, 0.15) is 0 Å². The van der Waals surface area contributed by atoms with E-state index >= 15 is 0 Å². The van der Waals surface area contributed by atoms with E-state index in [1.165, 1.54) is 0 Å². The Bertz CT molecular complexity index is 120. The van der Waals surface area contributed by atoms with Gasteiger partial charge in [0.25, 0.3) is 0 Å². The Morgan fingerprint density at radius 1 is 1.44 bits per heavy atom. The van der Waals surface area contributed by atoms with Crippen molar-refractivity contribution in [3.63, 3.8) is 0 Å². The lowest BCUT2D eigenvalue weighted by Crippen LogP contribution is -2.17. The van der Waals surface area contributed by atoms with Gasteiger partial charge in [0.15, 0.2) is 0 Å². The van der Waals surface area contributed by atoms with Crippen molar-refractivity contribution in [2.45, 2.75) is 39.2 Å². The second kappa shape index (κ2) is 3.53. The minimum Gasteiger partial charge on any atom is -0.390 e. The zero-order valence-corrected chi connectivity index (χ0v) is 6.36. The molecule has 0 aliphatic carbocycles. The topological polar surface area (TPSA) is 20.2 Å². The van der Waals surface area contributed by atoms with Crippen molar-refractivity contribution in [1.29, 1.82) is 0 Å². The molecule has 0 rings (SSSR count). The maximum Gasteiger partial charge on any atom is 0.0600 e. The van der Waals surface area contributed by atoms with E-state index in [9.17, 15) is 5.11 Å². The summed E-state index contributed by atoms with van der Waals surface area (Å²) in [6.45, 7) is 5.40. The van der Waals surface area contributed by atoms with Crippen molar-refractivity contribution in [2.75, 3.05) is 0 Å². The summed E-state index contributed by atoms with van der Waals surface area (Å²) >= 11 is 0. The van der Waals surface area contributed by atoms with Gasteiger partial charge >= 0.3 is 0 Å². The Kier molecular flexibility index (Phi) is 3.34. The average Bonchev–Trinajstić information content (AvgIpc) is 1.63. The molecule has 0 aromatic carbocycles. The smallest absolute Gasteiger partial charge is 0.0600 e. The van der Waals surface area contributed by atoms with Gasteiger partial charge in [-0.15, -0.1) is 11.8 Å². The first-order chi connectivity index (χ1) is 4.06. The molecule has 0 spiro atoms. The summed E-state index contributed by atoms with van der Waals surface area (Å²) in [5.74, 6) is 5.67. The van der Waals surface area contributed by atoms with E-state index in [2.05, 4.69) is 11.8 Å². The largest absolute Gasteiger partial charge is 0.390 e. The fourth-order valence-corrected chi connectivity index (χ4v) is 0.493. The van der Waals surface area contributed by atoms with E-state index in [0.717, 1.165) is 12.8 Å². The van der Waals surface area contributed by atoms with E-state index in [0.29, 0.717) is 0 Å². The lowest BCUT2D eigenvalue weighted by atomic mass is 10.0. The third kappa shape index (κ3) is 7.52. The maximum atomic E-state index is 9.18. The molecule has 0 aliphatic heterocycles. The van der Waals surface area contributed by atoms with Gasteiger partial charge in [-0.3, -0.25) is 0 Å². The Morgan fingerprint density at radius 3 is 2.33 bits per heavy atom. The minimum absolute atomic E-state index is 0.552. The average molecular weight is 126 g/mol. The van der Waals surface area contributed by atoms with Crippen LogP contribution in [0.3, 0.4) is 0 Å². The van der Waals surface area contributed by atoms with Gasteiger partial charge in [-0.25, -0.2) is 0 Å². The van der Waals surface area contributed by atoms with Crippen molar-refractivity contribution >= 4 is 0 Å². The zero-order chi connectivity index (χ0) is 7.33. The molecule has 0 radical (unpaired) electrons. The highest BCUT2D eigenvalue weighted by molar-refractivity contribution is 4.95. The Balaban J connectivity index is 3.36. The molecule has 1 nitrogen and oxygen atoms in total. The van der Waals surface area contributed by atoms with Crippen LogP contribution in [0.2, 0.25) is 0 Å². The fourth-order valence-electron chi connectivity index (χ4n) is 0.493. The predicted octanol–water partition coefficient (Wildman–Crippen LogP) is 1.56. The monoisotopic (exact) mass is 126 g/mol. The highest BCUT2D eigenvalue weighted by atomic mass is 16.3. The standard InChI is InChI=1S/C8H14O/c1-4-5-6-7-8(2,3)9/h9H,6-7H2,1-3H3. The molecule has 0 aromatic rings. The summed E-state index contributed by atoms with van der Waals surface area (Å²) < 4.78 is 0. The van der Waals surface area contributed by atoms with Crippen LogP contribution in [-0.2, 0) is 0 Å². The van der Waals surface area contributed by atoms with E-state index in [1.54, 1.807) is 13.8 Å². The summed E-state index contributed by atoms with van der Waals surface area (Å²) in [6, 6.07) is 0. The molecule has 1 heteroatoms. The van der Waals surface area contributed by atoms with Crippen molar-refractivity contribution in [3.8, 4) is 11.8 Å². The van der Waals surface area contributed by atoms with Gasteiger partial charge in [0.05, 0.1) is 5.60 Å². The highest BCUT2D eigenvalue weighted by Crippen LogP contribution is 2.08. The van der Waals surface area contributed by atoms with Crippen molar-refractivity contribution in [1.82, 2.24) is 0 Å². The highest BCUT2D eigenvalue weighted by Gasteiger charge is 2.09. The first-order valence-corrected chi connectivity index (χ1v) is 3.18. The van der Waals surface area contributed by atoms with Crippen LogP contribution in [0.4, 0.5) is 0 Å². The summed E-state index contributed by atoms with van der Waals surface area (Å²) in [5.41, 5.74) is -0.552. The molecule has 0 bridgehead atoms. The van der Waals surface area contributed by atoms with Crippen molar-refractivity contribution in [2.24, 2.45) is 0 Å². The number of rotatable bonds is 2. The van der Waals surface area contributed by atoms with E-state index in [4.69, 9.17) is 0 Å². The number of aliphatic hydroxyl groups is 1. The molecule has 9 heavy (non-hydrogen) atoms. The molecular formula is C8H14O. The second-order valence-corrected chi connectivity index (χ2v) is 2.74. The van der Waals surface area contributed by atoms with Gasteiger partial charge in [-0.05, 0) is 27.2 Å². The first-order valence-electron chi connectivity index (χ1n) is 3.18. The fraction of sp³-hybridized carbons (Fsp3) is 0.750. The molecule has 0 saturated heterocycles. The second-order valence-electron chi connectivity index (χ2n) is 2.74. The summed E-state index contributed by atoms with van der Waals surface area (Å²) in [7, 11) is 0. The first kappa shape index (κ1) is 8.52. The van der Waals surface area contributed by atoms with Crippen molar-refractivity contribution < 1.29 is 5.11 Å². The Labute approximate surface area is 57.1 Å². The molecular weight excluding hydrogens is 112 g/mol. The predicted molar refractivity (Wildman–Crippen MR) is 39.0 cm³/mol. The van der Waals surface area contributed by atoms with E-state index in [-0.39, 0.29) is 0 Å². The number of hydrogen-bond donors (Lipinski definition) is 1. The van der Waals surface area contributed by atoms with Crippen LogP contribution in [0, 0.1) is 11.8 Å². The van der Waals surface area contributed by atoms with Crippen molar-refractivity contribution in [3.05, 3.63) is 0 Å². The molecule has 0 atom stereocenters. The third-order valence-electron chi connectivity index (χ3n) is 1.04. The lowest BCUT2D eigenvalue weighted by molar-refractivity contribution is 0.0727. The molecule has 0 amide bonds. The van der Waals surface area contributed by atoms with Gasteiger partial charge < -0.3 is 5.11 Å². The van der Waals surface area contributed by atoms with E-state index in [1.807, 2.05) is 6.92 Å². The van der Waals surface area contributed by atoms with Crippen LogP contribution < -0.4 is 0 Å². The molecule has 0 fully saturated rings. The molecule has 0 heterocycles. The van der Waals surface area contributed by atoms with Crippen LogP contribution in [0.25, 0.3) is 0 Å². The minimum atomic E-state index is -0.552. The Morgan fingerprint density at radius 2 is 2.00 bits per heavy atom. The molecule has 1 N–H and O–H groups in total. The number of hydrogen-bond acceptors (Lipinski definition) is 1. The summed E-state index contributed by atoms with van der Waals surface area (Å²) in [5, 5.41) is 9.18. The SMILES string of the molecule is CC#CCCC(C)(C)O. The molecule has 0 saturated carbocycles. The van der Waals surface area contributed by atoms with Crippen LogP contribution >= 0.6 is 0 Å². The quantitative estimate of drug-likeness (QED) is 0.557. The lowest BCUT2D eigenvalue weighted by Gasteiger charge is -2.13. The van der Waals surface area contributed by atoms with Crippen LogP contribution in [0.1, 0.15) is 33.6 Å². The van der Waals surface area contributed by atoms with Crippen LogP contribution in [0.15, 0.2) is 0 Å². The summed E-state index contributed by atoms with van der Waals surface area (Å²) in [4.78, 5) is 0. The molecule has 0 aromatic heterocycles. The zero-order valence-electron chi connectivity index (χ0n) is 6.36.